The summed E-state index contributed by atoms with van der Waals surface area (Å²) in [6.45, 7) is 9.10. The van der Waals surface area contributed by atoms with E-state index in [4.69, 9.17) is 4.74 Å². The highest BCUT2D eigenvalue weighted by atomic mass is 127. The lowest BCUT2D eigenvalue weighted by Gasteiger charge is -2.21. The van der Waals surface area contributed by atoms with E-state index in [-0.39, 0.29) is 24.0 Å². The van der Waals surface area contributed by atoms with Gasteiger partial charge in [0.2, 0.25) is 0 Å². The Labute approximate surface area is 167 Å². The maximum atomic E-state index is 5.50. The molecule has 24 heavy (non-hydrogen) atoms. The number of thiophene rings is 1. The van der Waals surface area contributed by atoms with E-state index < -0.39 is 0 Å². The summed E-state index contributed by atoms with van der Waals surface area (Å²) in [5.74, 6) is 0.911. The van der Waals surface area contributed by atoms with Crippen LogP contribution in [0, 0.1) is 12.3 Å². The third-order valence-corrected chi connectivity index (χ3v) is 5.50. The molecule has 1 saturated carbocycles. The number of ether oxygens (including phenoxy) is 1. The molecule has 6 heteroatoms. The fourth-order valence-electron chi connectivity index (χ4n) is 2.77. The average Bonchev–Trinajstić information content (AvgIpc) is 3.18. The lowest BCUT2D eigenvalue weighted by atomic mass is 10.0. The van der Waals surface area contributed by atoms with Gasteiger partial charge in [0.05, 0.1) is 0 Å². The molecule has 0 saturated heterocycles. The highest BCUT2D eigenvalue weighted by Crippen LogP contribution is 2.48. The zero-order valence-corrected chi connectivity index (χ0v) is 18.5. The van der Waals surface area contributed by atoms with Gasteiger partial charge in [-0.05, 0) is 57.6 Å². The molecule has 0 amide bonds. The topological polar surface area (TPSA) is 45.6 Å². The van der Waals surface area contributed by atoms with Gasteiger partial charge < -0.3 is 15.4 Å². The van der Waals surface area contributed by atoms with Gasteiger partial charge in [-0.3, -0.25) is 4.99 Å². The van der Waals surface area contributed by atoms with Gasteiger partial charge in [0.25, 0.3) is 0 Å². The van der Waals surface area contributed by atoms with Crippen LogP contribution >= 0.6 is 35.3 Å². The van der Waals surface area contributed by atoms with Crippen molar-refractivity contribution >= 4 is 41.3 Å². The number of halogens is 1. The van der Waals surface area contributed by atoms with Crippen LogP contribution in [-0.4, -0.2) is 38.8 Å². The molecule has 0 aliphatic heterocycles. The van der Waals surface area contributed by atoms with Gasteiger partial charge >= 0.3 is 0 Å². The highest BCUT2D eigenvalue weighted by Gasteiger charge is 2.41. The SMILES string of the molecule is CCOCCC1(CNC(=NC)NC(C)Cc2ccc(C)s2)CC1.I. The number of guanidine groups is 1. The zero-order valence-electron chi connectivity index (χ0n) is 15.4. The standard InChI is InChI=1S/C18H31N3OS.HI/c1-5-22-11-10-18(8-9-18)13-20-17(19-4)21-14(2)12-16-7-6-15(3)23-16;/h6-7,14H,5,8-13H2,1-4H3,(H2,19,20,21);1H. The van der Waals surface area contributed by atoms with Crippen molar-refractivity contribution in [2.45, 2.75) is 52.5 Å². The Hall–Kier alpha value is -0.340. The Morgan fingerprint density at radius 2 is 2.17 bits per heavy atom. The van der Waals surface area contributed by atoms with Crippen LogP contribution in [0.3, 0.4) is 0 Å². The van der Waals surface area contributed by atoms with Crippen molar-refractivity contribution in [2.75, 3.05) is 26.8 Å². The molecule has 1 unspecified atom stereocenters. The zero-order chi connectivity index (χ0) is 16.7. The van der Waals surface area contributed by atoms with Gasteiger partial charge in [0.1, 0.15) is 0 Å². The Morgan fingerprint density at radius 1 is 1.42 bits per heavy atom. The number of hydrogen-bond acceptors (Lipinski definition) is 3. The largest absolute Gasteiger partial charge is 0.382 e. The van der Waals surface area contributed by atoms with Gasteiger partial charge in [0.15, 0.2) is 5.96 Å². The first-order chi connectivity index (χ1) is 11.1. The molecule has 4 nitrogen and oxygen atoms in total. The van der Waals surface area contributed by atoms with Crippen molar-refractivity contribution in [3.63, 3.8) is 0 Å². The van der Waals surface area contributed by atoms with E-state index in [1.807, 2.05) is 18.4 Å². The van der Waals surface area contributed by atoms with Crippen LogP contribution in [0.4, 0.5) is 0 Å². The highest BCUT2D eigenvalue weighted by molar-refractivity contribution is 14.0. The van der Waals surface area contributed by atoms with Crippen LogP contribution in [0.1, 0.15) is 42.9 Å². The van der Waals surface area contributed by atoms with Gasteiger partial charge in [-0.15, -0.1) is 35.3 Å². The normalized spacial score (nSPS) is 17.1. The summed E-state index contributed by atoms with van der Waals surface area (Å²) >= 11 is 1.88. The number of aliphatic imine (C=N–C) groups is 1. The van der Waals surface area contributed by atoms with Crippen molar-refractivity contribution < 1.29 is 4.74 Å². The summed E-state index contributed by atoms with van der Waals surface area (Å²) in [6.07, 6.45) is 4.78. The van der Waals surface area contributed by atoms with Gasteiger partial charge in [-0.25, -0.2) is 0 Å². The molecular weight excluding hydrogens is 433 g/mol. The summed E-state index contributed by atoms with van der Waals surface area (Å²) in [5, 5.41) is 7.01. The molecule has 0 radical (unpaired) electrons. The third-order valence-electron chi connectivity index (χ3n) is 4.48. The molecule has 1 fully saturated rings. The fraction of sp³-hybridized carbons (Fsp3) is 0.722. The fourth-order valence-corrected chi connectivity index (χ4v) is 3.79. The van der Waals surface area contributed by atoms with Crippen LogP contribution in [0.15, 0.2) is 17.1 Å². The van der Waals surface area contributed by atoms with E-state index in [1.54, 1.807) is 0 Å². The molecule has 2 N–H and O–H groups in total. The van der Waals surface area contributed by atoms with Crippen LogP contribution in [0.5, 0.6) is 0 Å². The molecule has 0 bridgehead atoms. The monoisotopic (exact) mass is 465 g/mol. The molecule has 1 atom stereocenters. The van der Waals surface area contributed by atoms with E-state index in [2.05, 4.69) is 48.5 Å². The first kappa shape index (κ1) is 21.7. The van der Waals surface area contributed by atoms with Crippen molar-refractivity contribution in [2.24, 2.45) is 10.4 Å². The second-order valence-corrected chi connectivity index (χ2v) is 8.01. The van der Waals surface area contributed by atoms with Crippen LogP contribution in [0.2, 0.25) is 0 Å². The average molecular weight is 465 g/mol. The molecule has 2 rings (SSSR count). The molecule has 1 heterocycles. The summed E-state index contributed by atoms with van der Waals surface area (Å²) in [7, 11) is 1.84. The Balaban J connectivity index is 0.00000288. The first-order valence-electron chi connectivity index (χ1n) is 8.67. The maximum Gasteiger partial charge on any atom is 0.191 e. The van der Waals surface area contributed by atoms with E-state index in [1.165, 1.54) is 22.6 Å². The lowest BCUT2D eigenvalue weighted by molar-refractivity contribution is 0.128. The molecule has 138 valence electrons. The van der Waals surface area contributed by atoms with Crippen LogP contribution in [0.25, 0.3) is 0 Å². The van der Waals surface area contributed by atoms with Crippen molar-refractivity contribution in [1.29, 1.82) is 0 Å². The maximum absolute atomic E-state index is 5.50. The van der Waals surface area contributed by atoms with Crippen molar-refractivity contribution in [3.05, 3.63) is 21.9 Å². The van der Waals surface area contributed by atoms with Gasteiger partial charge in [0, 0.05) is 49.0 Å². The molecule has 0 spiro atoms. The van der Waals surface area contributed by atoms with E-state index in [0.29, 0.717) is 11.5 Å². The Bertz CT molecular complexity index is 514. The molecule has 0 aromatic carbocycles. The first-order valence-corrected chi connectivity index (χ1v) is 9.49. The Morgan fingerprint density at radius 3 is 2.71 bits per heavy atom. The second kappa shape index (κ2) is 10.6. The van der Waals surface area contributed by atoms with E-state index in [0.717, 1.165) is 38.6 Å². The summed E-state index contributed by atoms with van der Waals surface area (Å²) in [6, 6.07) is 4.79. The number of nitrogens with one attached hydrogen (secondary N) is 2. The number of rotatable bonds is 9. The summed E-state index contributed by atoms with van der Waals surface area (Å²) in [4.78, 5) is 7.17. The quantitative estimate of drug-likeness (QED) is 0.251. The minimum Gasteiger partial charge on any atom is -0.382 e. The minimum absolute atomic E-state index is 0. The summed E-state index contributed by atoms with van der Waals surface area (Å²) in [5.41, 5.74) is 0.431. The second-order valence-electron chi connectivity index (χ2n) is 6.63. The van der Waals surface area contributed by atoms with Gasteiger partial charge in [-0.1, -0.05) is 0 Å². The molecule has 1 aliphatic carbocycles. The molecule has 1 aromatic heterocycles. The minimum atomic E-state index is 0. The Kier molecular flexibility index (Phi) is 9.59. The number of hydrogen-bond donors (Lipinski definition) is 2. The van der Waals surface area contributed by atoms with Crippen molar-refractivity contribution in [3.8, 4) is 0 Å². The number of aryl methyl sites for hydroxylation is 1. The molecular formula is C18H32IN3OS. The smallest absolute Gasteiger partial charge is 0.191 e. The predicted octanol–water partition coefficient (Wildman–Crippen LogP) is 3.98. The third kappa shape index (κ3) is 7.27. The molecule has 1 aliphatic rings. The summed E-state index contributed by atoms with van der Waals surface area (Å²) < 4.78 is 5.50. The van der Waals surface area contributed by atoms with Crippen molar-refractivity contribution in [1.82, 2.24) is 10.6 Å². The molecule has 1 aromatic rings. The van der Waals surface area contributed by atoms with E-state index >= 15 is 0 Å². The van der Waals surface area contributed by atoms with Crippen LogP contribution < -0.4 is 10.6 Å². The lowest BCUT2D eigenvalue weighted by Crippen LogP contribution is -2.45. The predicted molar refractivity (Wildman–Crippen MR) is 115 cm³/mol. The van der Waals surface area contributed by atoms with Crippen LogP contribution in [-0.2, 0) is 11.2 Å². The van der Waals surface area contributed by atoms with E-state index in [9.17, 15) is 0 Å². The number of nitrogens with zero attached hydrogens (tertiary/aromatic N) is 1. The van der Waals surface area contributed by atoms with Gasteiger partial charge in [-0.2, -0.15) is 0 Å².